The van der Waals surface area contributed by atoms with E-state index in [-0.39, 0.29) is 5.60 Å². The van der Waals surface area contributed by atoms with Gasteiger partial charge in [0.1, 0.15) is 6.10 Å². The minimum absolute atomic E-state index is 0.353. The van der Waals surface area contributed by atoms with Crippen molar-refractivity contribution in [1.29, 1.82) is 0 Å². The molecule has 1 aliphatic rings. The van der Waals surface area contributed by atoms with Crippen LogP contribution in [0.5, 0.6) is 0 Å². The fraction of sp³-hybridized carbons (Fsp3) is 0.647. The Morgan fingerprint density at radius 2 is 1.63 bits per heavy atom. The van der Waals surface area contributed by atoms with Crippen molar-refractivity contribution in [2.24, 2.45) is 0 Å². The molecule has 0 amide bonds. The fourth-order valence-electron chi connectivity index (χ4n) is 3.12. The molecule has 19 heavy (non-hydrogen) atoms. The minimum Gasteiger partial charge on any atom is -0.385 e. The van der Waals surface area contributed by atoms with Crippen LogP contribution in [0, 0.1) is 0 Å². The molecule has 0 bridgehead atoms. The van der Waals surface area contributed by atoms with Crippen LogP contribution in [0.25, 0.3) is 0 Å². The van der Waals surface area contributed by atoms with Crippen molar-refractivity contribution >= 4 is 0 Å². The highest BCUT2D eigenvalue weighted by Crippen LogP contribution is 2.43. The van der Waals surface area contributed by atoms with E-state index in [1.54, 1.807) is 0 Å². The molecule has 0 heterocycles. The van der Waals surface area contributed by atoms with Gasteiger partial charge >= 0.3 is 0 Å². The Balaban J connectivity index is 2.19. The fourth-order valence-corrected chi connectivity index (χ4v) is 3.12. The summed E-state index contributed by atoms with van der Waals surface area (Å²) in [5.41, 5.74) is 1.95. The molecule has 0 aliphatic heterocycles. The summed E-state index contributed by atoms with van der Waals surface area (Å²) in [6.45, 7) is 7.05. The molecule has 1 saturated carbocycles. The third kappa shape index (κ3) is 3.01. The zero-order valence-electron chi connectivity index (χ0n) is 12.4. The first-order valence-corrected chi connectivity index (χ1v) is 7.51. The number of benzene rings is 1. The standard InChI is InChI=1S/C17H26O2/c1-4-19-17(11-5-6-12-17)16(18)15-9-7-14(8-10-15)13(2)3/h7-10,13,16,18H,4-6,11-12H2,1-3H3. The van der Waals surface area contributed by atoms with Crippen molar-refractivity contribution in [1.82, 2.24) is 0 Å². The Bertz CT molecular complexity index is 388. The zero-order chi connectivity index (χ0) is 13.9. The zero-order valence-corrected chi connectivity index (χ0v) is 12.4. The van der Waals surface area contributed by atoms with Crippen LogP contribution in [0.3, 0.4) is 0 Å². The minimum atomic E-state index is -0.504. The third-order valence-corrected chi connectivity index (χ3v) is 4.30. The van der Waals surface area contributed by atoms with Crippen LogP contribution in [-0.2, 0) is 4.74 Å². The summed E-state index contributed by atoms with van der Waals surface area (Å²) in [6, 6.07) is 8.35. The first-order valence-electron chi connectivity index (χ1n) is 7.51. The van der Waals surface area contributed by atoms with Crippen LogP contribution >= 0.6 is 0 Å². The average Bonchev–Trinajstić information content (AvgIpc) is 2.88. The molecular weight excluding hydrogens is 236 g/mol. The maximum atomic E-state index is 10.7. The van der Waals surface area contributed by atoms with Gasteiger partial charge in [-0.2, -0.15) is 0 Å². The van der Waals surface area contributed by atoms with Gasteiger partial charge in [-0.05, 0) is 36.8 Å². The largest absolute Gasteiger partial charge is 0.385 e. The van der Waals surface area contributed by atoms with Crippen molar-refractivity contribution in [3.63, 3.8) is 0 Å². The maximum absolute atomic E-state index is 10.7. The number of hydrogen-bond donors (Lipinski definition) is 1. The van der Waals surface area contributed by atoms with Crippen LogP contribution in [-0.4, -0.2) is 17.3 Å². The smallest absolute Gasteiger partial charge is 0.108 e. The summed E-state index contributed by atoms with van der Waals surface area (Å²) in [5.74, 6) is 0.526. The van der Waals surface area contributed by atoms with Crippen molar-refractivity contribution in [2.75, 3.05) is 6.61 Å². The highest BCUT2D eigenvalue weighted by molar-refractivity contribution is 5.28. The second-order valence-corrected chi connectivity index (χ2v) is 5.93. The molecule has 1 aromatic carbocycles. The molecule has 1 unspecified atom stereocenters. The normalized spacial score (nSPS) is 19.8. The van der Waals surface area contributed by atoms with Crippen LogP contribution < -0.4 is 0 Å². The van der Waals surface area contributed by atoms with Gasteiger partial charge in [-0.3, -0.25) is 0 Å². The molecule has 106 valence electrons. The number of ether oxygens (including phenoxy) is 1. The molecular formula is C17H26O2. The summed E-state index contributed by atoms with van der Waals surface area (Å²) >= 11 is 0. The topological polar surface area (TPSA) is 29.5 Å². The molecule has 1 N–H and O–H groups in total. The monoisotopic (exact) mass is 262 g/mol. The van der Waals surface area contributed by atoms with Gasteiger partial charge in [0.05, 0.1) is 5.60 Å². The first-order chi connectivity index (χ1) is 9.09. The Morgan fingerprint density at radius 1 is 1.11 bits per heavy atom. The maximum Gasteiger partial charge on any atom is 0.108 e. The molecule has 2 rings (SSSR count). The molecule has 2 nitrogen and oxygen atoms in total. The number of rotatable bonds is 5. The predicted octanol–water partition coefficient (Wildman–Crippen LogP) is 4.19. The number of aliphatic hydroxyl groups excluding tert-OH is 1. The SMILES string of the molecule is CCOC1(C(O)c2ccc(C(C)C)cc2)CCCC1. The summed E-state index contributed by atoms with van der Waals surface area (Å²) in [5, 5.41) is 10.7. The molecule has 0 saturated heterocycles. The van der Waals surface area contributed by atoms with E-state index in [2.05, 4.69) is 38.1 Å². The van der Waals surface area contributed by atoms with Gasteiger partial charge in [-0.1, -0.05) is 51.0 Å². The second-order valence-electron chi connectivity index (χ2n) is 5.93. The first kappa shape index (κ1) is 14.5. The van der Waals surface area contributed by atoms with E-state index < -0.39 is 6.10 Å². The Hall–Kier alpha value is -0.860. The van der Waals surface area contributed by atoms with E-state index in [4.69, 9.17) is 4.74 Å². The van der Waals surface area contributed by atoms with E-state index in [1.165, 1.54) is 5.56 Å². The van der Waals surface area contributed by atoms with Gasteiger partial charge in [-0.15, -0.1) is 0 Å². The van der Waals surface area contributed by atoms with E-state index in [0.29, 0.717) is 12.5 Å². The number of hydrogen-bond acceptors (Lipinski definition) is 2. The third-order valence-electron chi connectivity index (χ3n) is 4.30. The van der Waals surface area contributed by atoms with Gasteiger partial charge in [-0.25, -0.2) is 0 Å². The summed E-state index contributed by atoms with van der Waals surface area (Å²) < 4.78 is 5.93. The highest BCUT2D eigenvalue weighted by atomic mass is 16.5. The van der Waals surface area contributed by atoms with Crippen molar-refractivity contribution < 1.29 is 9.84 Å². The van der Waals surface area contributed by atoms with Crippen molar-refractivity contribution in [3.8, 4) is 0 Å². The average molecular weight is 262 g/mol. The van der Waals surface area contributed by atoms with E-state index in [0.717, 1.165) is 31.2 Å². The molecule has 1 aliphatic carbocycles. The Labute approximate surface area is 116 Å². The van der Waals surface area contributed by atoms with Crippen LogP contribution in [0.1, 0.15) is 69.6 Å². The van der Waals surface area contributed by atoms with E-state index >= 15 is 0 Å². The lowest BCUT2D eigenvalue weighted by Crippen LogP contribution is -2.36. The predicted molar refractivity (Wildman–Crippen MR) is 78.3 cm³/mol. The molecule has 0 aromatic heterocycles. The summed E-state index contributed by atoms with van der Waals surface area (Å²) in [7, 11) is 0. The molecule has 2 heteroatoms. The molecule has 1 fully saturated rings. The molecule has 0 spiro atoms. The van der Waals surface area contributed by atoms with Crippen molar-refractivity contribution in [3.05, 3.63) is 35.4 Å². The van der Waals surface area contributed by atoms with Gasteiger partial charge < -0.3 is 9.84 Å². The van der Waals surface area contributed by atoms with Crippen molar-refractivity contribution in [2.45, 2.75) is 64.1 Å². The second kappa shape index (κ2) is 6.06. The summed E-state index contributed by atoms with van der Waals surface area (Å²) in [4.78, 5) is 0. The van der Waals surface area contributed by atoms with Gasteiger partial charge in [0.25, 0.3) is 0 Å². The number of aliphatic hydroxyl groups is 1. The van der Waals surface area contributed by atoms with Gasteiger partial charge in [0.15, 0.2) is 0 Å². The van der Waals surface area contributed by atoms with Crippen LogP contribution in [0.4, 0.5) is 0 Å². The summed E-state index contributed by atoms with van der Waals surface area (Å²) in [6.07, 6.45) is 3.74. The van der Waals surface area contributed by atoms with Gasteiger partial charge in [0, 0.05) is 6.61 Å². The Kier molecular flexibility index (Phi) is 4.64. The van der Waals surface area contributed by atoms with Crippen LogP contribution in [0.15, 0.2) is 24.3 Å². The van der Waals surface area contributed by atoms with Gasteiger partial charge in [0.2, 0.25) is 0 Å². The van der Waals surface area contributed by atoms with E-state index in [1.807, 2.05) is 6.92 Å². The molecule has 1 aromatic rings. The van der Waals surface area contributed by atoms with Crippen LogP contribution in [0.2, 0.25) is 0 Å². The lowest BCUT2D eigenvalue weighted by molar-refractivity contribution is -0.118. The lowest BCUT2D eigenvalue weighted by atomic mass is 9.88. The molecule has 0 radical (unpaired) electrons. The lowest BCUT2D eigenvalue weighted by Gasteiger charge is -2.34. The van der Waals surface area contributed by atoms with E-state index in [9.17, 15) is 5.11 Å². The quantitative estimate of drug-likeness (QED) is 0.862. The Morgan fingerprint density at radius 3 is 2.11 bits per heavy atom. The molecule has 1 atom stereocenters. The highest BCUT2D eigenvalue weighted by Gasteiger charge is 2.42.